The zero-order chi connectivity index (χ0) is 23.8. The molecule has 2 aromatic carbocycles. The standard InChI is InChI=1S/C29H44N2O/c1-20-14-16-31(17-15-20)26(21-10-12-23(13-11-21)30(8)9)22-18-24(28(2,3)4)27(32)25(19-22)29(5,6)7/h10-13,18-20,26,32H,14-17H2,1-9H3/p+1. The van der Waals surface area contributed by atoms with E-state index in [4.69, 9.17) is 0 Å². The van der Waals surface area contributed by atoms with Crippen molar-refractivity contribution in [1.29, 1.82) is 0 Å². The Bertz CT molecular complexity index is 873. The fourth-order valence-corrected chi connectivity index (χ4v) is 5.02. The second-order valence-corrected chi connectivity index (χ2v) is 12.2. The number of hydrogen-bond donors (Lipinski definition) is 2. The molecule has 3 rings (SSSR count). The van der Waals surface area contributed by atoms with Crippen molar-refractivity contribution in [2.75, 3.05) is 32.1 Å². The first-order valence-corrected chi connectivity index (χ1v) is 12.3. The van der Waals surface area contributed by atoms with Crippen LogP contribution in [-0.4, -0.2) is 32.3 Å². The van der Waals surface area contributed by atoms with Crippen molar-refractivity contribution in [3.05, 3.63) is 58.7 Å². The summed E-state index contributed by atoms with van der Waals surface area (Å²) in [6, 6.07) is 14.0. The van der Waals surface area contributed by atoms with Crippen LogP contribution in [0.25, 0.3) is 0 Å². The van der Waals surface area contributed by atoms with Crippen LogP contribution in [0, 0.1) is 5.92 Å². The molecule has 0 spiro atoms. The number of likely N-dealkylation sites (tertiary alicyclic amines) is 1. The third-order valence-corrected chi connectivity index (χ3v) is 7.15. The van der Waals surface area contributed by atoms with Crippen LogP contribution in [0.15, 0.2) is 36.4 Å². The zero-order valence-electron chi connectivity index (χ0n) is 21.8. The first kappa shape index (κ1) is 24.6. The van der Waals surface area contributed by atoms with Crippen molar-refractivity contribution < 1.29 is 10.0 Å². The van der Waals surface area contributed by atoms with Crippen molar-refractivity contribution in [3.63, 3.8) is 0 Å². The van der Waals surface area contributed by atoms with E-state index < -0.39 is 0 Å². The van der Waals surface area contributed by atoms with Crippen molar-refractivity contribution in [2.24, 2.45) is 5.92 Å². The van der Waals surface area contributed by atoms with Gasteiger partial charge in [-0.1, -0.05) is 60.6 Å². The van der Waals surface area contributed by atoms with E-state index in [1.54, 1.807) is 4.90 Å². The average Bonchev–Trinajstić information content (AvgIpc) is 2.69. The van der Waals surface area contributed by atoms with E-state index in [0.29, 0.717) is 5.75 Å². The Labute approximate surface area is 196 Å². The number of phenolic OH excluding ortho intramolecular Hbond substituents is 1. The number of piperidine rings is 1. The van der Waals surface area contributed by atoms with Gasteiger partial charge in [-0.25, -0.2) is 0 Å². The summed E-state index contributed by atoms with van der Waals surface area (Å²) in [5.74, 6) is 1.28. The van der Waals surface area contributed by atoms with Crippen molar-refractivity contribution in [1.82, 2.24) is 0 Å². The molecule has 3 nitrogen and oxygen atoms in total. The summed E-state index contributed by atoms with van der Waals surface area (Å²) in [5, 5.41) is 11.3. The quantitative estimate of drug-likeness (QED) is 0.665. The summed E-state index contributed by atoms with van der Waals surface area (Å²) in [6.45, 7) is 18.0. The highest BCUT2D eigenvalue weighted by Gasteiger charge is 2.34. The first-order chi connectivity index (χ1) is 14.8. The molecule has 1 unspecified atom stereocenters. The molecule has 3 heteroatoms. The Hall–Kier alpha value is -2.00. The van der Waals surface area contributed by atoms with Gasteiger partial charge in [-0.05, 0) is 53.9 Å². The molecular weight excluding hydrogens is 392 g/mol. The van der Waals surface area contributed by atoms with E-state index >= 15 is 0 Å². The summed E-state index contributed by atoms with van der Waals surface area (Å²) in [4.78, 5) is 3.80. The predicted molar refractivity (Wildman–Crippen MR) is 137 cm³/mol. The van der Waals surface area contributed by atoms with Gasteiger partial charge in [0.2, 0.25) is 0 Å². The minimum absolute atomic E-state index is 0.120. The molecule has 1 aliphatic rings. The van der Waals surface area contributed by atoms with Gasteiger partial charge >= 0.3 is 0 Å². The summed E-state index contributed by atoms with van der Waals surface area (Å²) >= 11 is 0. The van der Waals surface area contributed by atoms with Gasteiger partial charge in [0.1, 0.15) is 11.8 Å². The van der Waals surface area contributed by atoms with Gasteiger partial charge in [0, 0.05) is 42.0 Å². The lowest BCUT2D eigenvalue weighted by atomic mass is 9.77. The maximum Gasteiger partial charge on any atom is 0.139 e. The summed E-state index contributed by atoms with van der Waals surface area (Å²) < 4.78 is 0. The maximum atomic E-state index is 11.3. The molecule has 32 heavy (non-hydrogen) atoms. The van der Waals surface area contributed by atoms with E-state index in [9.17, 15) is 5.11 Å². The van der Waals surface area contributed by atoms with Crippen molar-refractivity contribution in [2.45, 2.75) is 78.2 Å². The zero-order valence-corrected chi connectivity index (χ0v) is 21.8. The molecule has 0 amide bonds. The number of nitrogens with zero attached hydrogens (tertiary/aromatic N) is 1. The highest BCUT2D eigenvalue weighted by atomic mass is 16.3. The lowest BCUT2D eigenvalue weighted by Gasteiger charge is -2.36. The van der Waals surface area contributed by atoms with Gasteiger partial charge in [-0.3, -0.25) is 0 Å². The number of quaternary nitrogens is 1. The second-order valence-electron chi connectivity index (χ2n) is 12.2. The Balaban J connectivity index is 2.19. The maximum absolute atomic E-state index is 11.3. The van der Waals surface area contributed by atoms with Gasteiger partial charge in [0.05, 0.1) is 13.1 Å². The number of anilines is 1. The normalized spacial score (nSPS) is 20.8. The molecule has 1 fully saturated rings. The molecular formula is C29H45N2O+. The van der Waals surface area contributed by atoms with Crippen molar-refractivity contribution >= 4 is 5.69 Å². The smallest absolute Gasteiger partial charge is 0.139 e. The molecule has 2 aromatic rings. The molecule has 1 saturated heterocycles. The van der Waals surface area contributed by atoms with Gasteiger partial charge in [0.15, 0.2) is 0 Å². The monoisotopic (exact) mass is 437 g/mol. The van der Waals surface area contributed by atoms with Gasteiger partial charge in [-0.2, -0.15) is 0 Å². The first-order valence-electron chi connectivity index (χ1n) is 12.3. The Morgan fingerprint density at radius 1 is 0.844 bits per heavy atom. The average molecular weight is 438 g/mol. The topological polar surface area (TPSA) is 27.9 Å². The third kappa shape index (κ3) is 5.31. The molecule has 2 N–H and O–H groups in total. The molecule has 176 valence electrons. The highest BCUT2D eigenvalue weighted by Crippen LogP contribution is 2.41. The molecule has 1 atom stereocenters. The number of nitrogens with one attached hydrogen (secondary N) is 1. The third-order valence-electron chi connectivity index (χ3n) is 7.15. The van der Waals surface area contributed by atoms with Crippen LogP contribution in [0.1, 0.15) is 89.6 Å². The van der Waals surface area contributed by atoms with E-state index in [0.717, 1.165) is 17.0 Å². The van der Waals surface area contributed by atoms with Crippen LogP contribution >= 0.6 is 0 Å². The minimum atomic E-state index is -0.120. The SMILES string of the molecule is CC1CC[NH+](C(c2ccc(N(C)C)cc2)c2cc(C(C)(C)C)c(O)c(C(C)(C)C)c2)CC1. The molecule has 0 saturated carbocycles. The van der Waals surface area contributed by atoms with Gasteiger partial charge < -0.3 is 14.9 Å². The Morgan fingerprint density at radius 3 is 1.72 bits per heavy atom. The summed E-state index contributed by atoms with van der Waals surface area (Å²) in [6.07, 6.45) is 2.55. The summed E-state index contributed by atoms with van der Waals surface area (Å²) in [7, 11) is 4.18. The van der Waals surface area contributed by atoms with Crippen LogP contribution in [0.4, 0.5) is 5.69 Å². The van der Waals surface area contributed by atoms with Gasteiger partial charge in [0.25, 0.3) is 0 Å². The summed E-state index contributed by atoms with van der Waals surface area (Å²) in [5.41, 5.74) is 5.80. The van der Waals surface area contributed by atoms with E-state index in [-0.39, 0.29) is 16.9 Å². The van der Waals surface area contributed by atoms with Crippen LogP contribution < -0.4 is 9.80 Å². The lowest BCUT2D eigenvalue weighted by molar-refractivity contribution is -0.931. The molecule has 1 aliphatic heterocycles. The minimum Gasteiger partial charge on any atom is -0.507 e. The predicted octanol–water partition coefficient (Wildman–Crippen LogP) is 5.46. The number of rotatable bonds is 4. The number of aromatic hydroxyl groups is 1. The molecule has 1 heterocycles. The highest BCUT2D eigenvalue weighted by molar-refractivity contribution is 5.52. The van der Waals surface area contributed by atoms with Crippen LogP contribution in [0.5, 0.6) is 5.75 Å². The van der Waals surface area contributed by atoms with E-state index in [2.05, 4.69) is 104 Å². The molecule has 0 aliphatic carbocycles. The van der Waals surface area contributed by atoms with Crippen LogP contribution in [0.2, 0.25) is 0 Å². The molecule has 0 radical (unpaired) electrons. The van der Waals surface area contributed by atoms with E-state index in [1.165, 1.54) is 42.7 Å². The number of phenols is 1. The molecule has 0 aromatic heterocycles. The van der Waals surface area contributed by atoms with Crippen LogP contribution in [0.3, 0.4) is 0 Å². The second kappa shape index (κ2) is 9.09. The largest absolute Gasteiger partial charge is 0.507 e. The van der Waals surface area contributed by atoms with Crippen LogP contribution in [-0.2, 0) is 10.8 Å². The fourth-order valence-electron chi connectivity index (χ4n) is 5.02. The molecule has 0 bridgehead atoms. The number of hydrogen-bond acceptors (Lipinski definition) is 2. The van der Waals surface area contributed by atoms with E-state index in [1.807, 2.05) is 0 Å². The lowest BCUT2D eigenvalue weighted by Crippen LogP contribution is -3.13. The van der Waals surface area contributed by atoms with Crippen molar-refractivity contribution in [3.8, 4) is 5.75 Å². The number of benzene rings is 2. The Kier molecular flexibility index (Phi) is 7.00. The van der Waals surface area contributed by atoms with Gasteiger partial charge in [-0.15, -0.1) is 0 Å². The Morgan fingerprint density at radius 2 is 1.31 bits per heavy atom. The fraction of sp³-hybridized carbons (Fsp3) is 0.586.